The van der Waals surface area contributed by atoms with Gasteiger partial charge in [-0.15, -0.1) is 10.2 Å². The summed E-state index contributed by atoms with van der Waals surface area (Å²) in [5.41, 5.74) is 8.43. The number of hydrogen-bond donors (Lipinski definition) is 2. The number of anilines is 1. The molecule has 35 heavy (non-hydrogen) atoms. The van der Waals surface area contributed by atoms with E-state index in [1.54, 1.807) is 0 Å². The molecule has 2 N–H and O–H groups in total. The number of nitrogens with one attached hydrogen (secondary N) is 2. The third-order valence-corrected chi connectivity index (χ3v) is 6.98. The van der Waals surface area contributed by atoms with Gasteiger partial charge in [0.05, 0.1) is 12.6 Å². The van der Waals surface area contributed by atoms with E-state index >= 15 is 0 Å². The number of ether oxygens (including phenoxy) is 1. The third-order valence-electron chi connectivity index (χ3n) is 5.77. The maximum atomic E-state index is 13.6. The number of thioether (sulfide) groups is 1. The molecule has 7 nitrogen and oxygen atoms in total. The zero-order chi connectivity index (χ0) is 24.4. The van der Waals surface area contributed by atoms with Gasteiger partial charge < -0.3 is 15.5 Å². The summed E-state index contributed by atoms with van der Waals surface area (Å²) in [6.07, 6.45) is 0. The molecule has 1 aliphatic heterocycles. The van der Waals surface area contributed by atoms with Crippen molar-refractivity contribution in [2.75, 3.05) is 17.3 Å². The fraction of sp³-hybridized carbons (Fsp3) is 0.222. The van der Waals surface area contributed by atoms with E-state index < -0.39 is 5.25 Å². The van der Waals surface area contributed by atoms with Crippen LogP contribution in [0, 0.1) is 13.8 Å². The molecule has 1 aromatic heterocycles. The molecule has 0 aliphatic carbocycles. The Kier molecular flexibility index (Phi) is 6.46. The molecule has 0 fully saturated rings. The smallest absolute Gasteiger partial charge is 0.240 e. The Balaban J connectivity index is 1.50. The zero-order valence-corrected chi connectivity index (χ0v) is 20.7. The van der Waals surface area contributed by atoms with E-state index in [9.17, 15) is 4.79 Å². The van der Waals surface area contributed by atoms with Gasteiger partial charge >= 0.3 is 0 Å². The van der Waals surface area contributed by atoms with Gasteiger partial charge in [-0.1, -0.05) is 60.3 Å². The van der Waals surface area contributed by atoms with Crippen LogP contribution in [0.4, 0.5) is 5.69 Å². The molecule has 0 spiro atoms. The number of carbonyl (C=O) groups is 1. The van der Waals surface area contributed by atoms with E-state index in [2.05, 4.69) is 27.0 Å². The summed E-state index contributed by atoms with van der Waals surface area (Å²) in [5, 5.41) is 12.1. The Morgan fingerprint density at radius 3 is 2.43 bits per heavy atom. The highest BCUT2D eigenvalue weighted by Gasteiger charge is 2.38. The number of amides is 1. The summed E-state index contributed by atoms with van der Waals surface area (Å²) in [6.45, 7) is 6.60. The van der Waals surface area contributed by atoms with Crippen molar-refractivity contribution >= 4 is 23.4 Å². The van der Waals surface area contributed by atoms with Crippen molar-refractivity contribution in [1.29, 1.82) is 0 Å². The largest absolute Gasteiger partial charge is 0.494 e. The maximum Gasteiger partial charge on any atom is 0.240 e. The molecule has 4 aromatic rings. The first-order valence-electron chi connectivity index (χ1n) is 11.6. The minimum Gasteiger partial charge on any atom is -0.494 e. The lowest BCUT2D eigenvalue weighted by Gasteiger charge is -2.33. The highest BCUT2D eigenvalue weighted by molar-refractivity contribution is 8.00. The highest BCUT2D eigenvalue weighted by Crippen LogP contribution is 2.39. The van der Waals surface area contributed by atoms with Crippen LogP contribution in [0.5, 0.6) is 5.75 Å². The Hall–Kier alpha value is -3.78. The van der Waals surface area contributed by atoms with E-state index in [-0.39, 0.29) is 11.9 Å². The van der Waals surface area contributed by atoms with Gasteiger partial charge in [0, 0.05) is 11.3 Å². The minimum atomic E-state index is -0.464. The van der Waals surface area contributed by atoms with Gasteiger partial charge in [-0.25, -0.2) is 4.68 Å². The first kappa shape index (κ1) is 23.0. The van der Waals surface area contributed by atoms with E-state index in [0.717, 1.165) is 33.7 Å². The van der Waals surface area contributed by atoms with Crippen LogP contribution in [-0.4, -0.2) is 32.6 Å². The Bertz CT molecular complexity index is 1320. The lowest BCUT2D eigenvalue weighted by atomic mass is 10.0. The number of carbonyl (C=O) groups excluding carboxylic acids is 1. The van der Waals surface area contributed by atoms with Crippen LogP contribution in [0.15, 0.2) is 78.0 Å². The molecule has 3 aromatic carbocycles. The molecule has 0 radical (unpaired) electrons. The van der Waals surface area contributed by atoms with Crippen LogP contribution in [0.1, 0.15) is 29.7 Å². The summed E-state index contributed by atoms with van der Waals surface area (Å²) >= 11 is 1.41. The second-order valence-electron chi connectivity index (χ2n) is 8.52. The molecule has 1 amide bonds. The SMILES string of the molecule is CCOc1ccc([C@@H]2Nn3c(nnc3-c3ccccc3)S[C@@H]2C(=O)Nc2cc(C)cc(C)c2)cc1. The van der Waals surface area contributed by atoms with E-state index in [4.69, 9.17) is 4.74 Å². The number of nitrogens with zero attached hydrogens (tertiary/aromatic N) is 3. The van der Waals surface area contributed by atoms with Crippen LogP contribution in [-0.2, 0) is 4.79 Å². The predicted molar refractivity (Wildman–Crippen MR) is 139 cm³/mol. The van der Waals surface area contributed by atoms with Crippen molar-refractivity contribution in [3.8, 4) is 17.1 Å². The fourth-order valence-corrected chi connectivity index (χ4v) is 5.36. The first-order valence-corrected chi connectivity index (χ1v) is 12.5. The summed E-state index contributed by atoms with van der Waals surface area (Å²) < 4.78 is 7.49. The standard InChI is InChI=1S/C27H27N5O2S/c1-4-34-22-12-10-19(11-13-22)23-24(26(33)28-21-15-17(2)14-18(3)16-21)35-27-30-29-25(32(27)31-23)20-8-6-5-7-9-20/h5-16,23-24,31H,4H2,1-3H3,(H,28,33)/t23-,24-/m0/s1. The van der Waals surface area contributed by atoms with E-state index in [1.165, 1.54) is 11.8 Å². The molecule has 0 saturated carbocycles. The van der Waals surface area contributed by atoms with Crippen molar-refractivity contribution < 1.29 is 9.53 Å². The molecule has 8 heteroatoms. The molecule has 0 bridgehead atoms. The van der Waals surface area contributed by atoms with Crippen LogP contribution in [0.3, 0.4) is 0 Å². The minimum absolute atomic E-state index is 0.0955. The zero-order valence-electron chi connectivity index (χ0n) is 19.9. The van der Waals surface area contributed by atoms with Crippen molar-refractivity contribution in [3.63, 3.8) is 0 Å². The molecule has 178 valence electrons. The number of aryl methyl sites for hydroxylation is 2. The molecule has 1 aliphatic rings. The Morgan fingerprint density at radius 2 is 1.74 bits per heavy atom. The van der Waals surface area contributed by atoms with Crippen molar-refractivity contribution in [2.45, 2.75) is 37.2 Å². The van der Waals surface area contributed by atoms with Crippen LogP contribution >= 0.6 is 11.8 Å². The molecule has 2 atom stereocenters. The quantitative estimate of drug-likeness (QED) is 0.383. The van der Waals surface area contributed by atoms with Gasteiger partial charge in [0.2, 0.25) is 11.1 Å². The number of rotatable bonds is 6. The predicted octanol–water partition coefficient (Wildman–Crippen LogP) is 5.36. The number of hydrogen-bond acceptors (Lipinski definition) is 6. The van der Waals surface area contributed by atoms with Crippen LogP contribution < -0.4 is 15.5 Å². The number of aromatic nitrogens is 3. The average molecular weight is 486 g/mol. The van der Waals surface area contributed by atoms with Gasteiger partial charge in [-0.3, -0.25) is 4.79 Å². The number of benzene rings is 3. The lowest BCUT2D eigenvalue weighted by Crippen LogP contribution is -2.41. The summed E-state index contributed by atoms with van der Waals surface area (Å²) in [7, 11) is 0. The fourth-order valence-electron chi connectivity index (χ4n) is 4.28. The second-order valence-corrected chi connectivity index (χ2v) is 9.63. The van der Waals surface area contributed by atoms with Gasteiger partial charge in [-0.2, -0.15) is 0 Å². The molecule has 0 saturated heterocycles. The average Bonchev–Trinajstić information content (AvgIpc) is 3.27. The molecule has 5 rings (SSSR count). The highest BCUT2D eigenvalue weighted by atomic mass is 32.2. The van der Waals surface area contributed by atoms with Gasteiger partial charge in [0.1, 0.15) is 11.0 Å². The topological polar surface area (TPSA) is 81.1 Å². The lowest BCUT2D eigenvalue weighted by molar-refractivity contribution is -0.116. The normalized spacial score (nSPS) is 16.8. The summed E-state index contributed by atoms with van der Waals surface area (Å²) in [6, 6.07) is 23.5. The second kappa shape index (κ2) is 9.84. The Labute approximate surface area is 208 Å². The first-order chi connectivity index (χ1) is 17.0. The van der Waals surface area contributed by atoms with Crippen molar-refractivity contribution in [2.24, 2.45) is 0 Å². The van der Waals surface area contributed by atoms with Crippen molar-refractivity contribution in [3.05, 3.63) is 89.5 Å². The molecule has 2 heterocycles. The Morgan fingerprint density at radius 1 is 1.03 bits per heavy atom. The van der Waals surface area contributed by atoms with Gasteiger partial charge in [0.25, 0.3) is 0 Å². The monoisotopic (exact) mass is 485 g/mol. The van der Waals surface area contributed by atoms with Gasteiger partial charge in [-0.05, 0) is 61.7 Å². The third kappa shape index (κ3) is 4.88. The van der Waals surface area contributed by atoms with Gasteiger partial charge in [0.15, 0.2) is 5.82 Å². The summed E-state index contributed by atoms with van der Waals surface area (Å²) in [5.74, 6) is 1.41. The van der Waals surface area contributed by atoms with Crippen LogP contribution in [0.2, 0.25) is 0 Å². The molecular weight excluding hydrogens is 458 g/mol. The molecule has 0 unspecified atom stereocenters. The van der Waals surface area contributed by atoms with Crippen LogP contribution in [0.25, 0.3) is 11.4 Å². The maximum absolute atomic E-state index is 13.6. The van der Waals surface area contributed by atoms with Crippen molar-refractivity contribution in [1.82, 2.24) is 14.9 Å². The molecular formula is C27H27N5O2S. The summed E-state index contributed by atoms with van der Waals surface area (Å²) in [4.78, 5) is 13.6. The van der Waals surface area contributed by atoms with E-state index in [0.29, 0.717) is 17.6 Å². The number of fused-ring (bicyclic) bond motifs is 1. The van der Waals surface area contributed by atoms with E-state index in [1.807, 2.05) is 92.2 Å².